The average molecular weight is 430 g/mol. The largest absolute Gasteiger partial charge is 0.343 e. The first-order chi connectivity index (χ1) is 15.0. The molecule has 7 heteroatoms. The second-order valence-corrected chi connectivity index (χ2v) is 9.17. The number of hydrogen-bond acceptors (Lipinski definition) is 3. The van der Waals surface area contributed by atoms with Gasteiger partial charge in [0.25, 0.3) is 0 Å². The molecule has 1 aromatic rings. The minimum absolute atomic E-state index is 0.0168. The van der Waals surface area contributed by atoms with Crippen LogP contribution in [0.25, 0.3) is 0 Å². The first-order valence-corrected chi connectivity index (χ1v) is 11.6. The Hall–Kier alpha value is -2.44. The van der Waals surface area contributed by atoms with Gasteiger partial charge in [-0.15, -0.1) is 0 Å². The first kappa shape index (κ1) is 21.8. The highest BCUT2D eigenvalue weighted by Crippen LogP contribution is 2.28. The number of nitrogens with zero attached hydrogens (tertiary/aromatic N) is 3. The van der Waals surface area contributed by atoms with Crippen molar-refractivity contribution in [3.8, 4) is 0 Å². The molecule has 0 bridgehead atoms. The molecule has 4 rings (SSSR count). The van der Waals surface area contributed by atoms with Gasteiger partial charge in [0.15, 0.2) is 0 Å². The van der Waals surface area contributed by atoms with Gasteiger partial charge in [-0.2, -0.15) is 0 Å². The Bertz CT molecular complexity index is 799. The third-order valence-electron chi connectivity index (χ3n) is 7.07. The zero-order chi connectivity index (χ0) is 21.8. The van der Waals surface area contributed by atoms with E-state index in [1.165, 1.54) is 49.1 Å². The van der Waals surface area contributed by atoms with Gasteiger partial charge in [-0.05, 0) is 49.3 Å². The fourth-order valence-electron chi connectivity index (χ4n) is 5.19. The minimum Gasteiger partial charge on any atom is -0.343 e. The topological polar surface area (TPSA) is 60.9 Å². The fraction of sp³-hybridized carbons (Fsp3) is 0.625. The summed E-state index contributed by atoms with van der Waals surface area (Å²) in [6, 6.07) is 6.02. The van der Waals surface area contributed by atoms with Crippen LogP contribution in [-0.2, 0) is 20.9 Å². The molecule has 2 aliphatic heterocycles. The molecule has 3 amide bonds. The van der Waals surface area contributed by atoms with Crippen LogP contribution < -0.4 is 0 Å². The van der Waals surface area contributed by atoms with E-state index in [2.05, 4.69) is 0 Å². The lowest BCUT2D eigenvalue weighted by Gasteiger charge is -2.42. The van der Waals surface area contributed by atoms with Gasteiger partial charge in [0.05, 0.1) is 0 Å². The fourth-order valence-corrected chi connectivity index (χ4v) is 5.19. The lowest BCUT2D eigenvalue weighted by Crippen LogP contribution is -2.59. The number of carbonyl (C=O) groups excluding carboxylic acids is 3. The molecule has 0 aromatic heterocycles. The first-order valence-electron chi connectivity index (χ1n) is 11.6. The Balaban J connectivity index is 1.26. The van der Waals surface area contributed by atoms with Crippen LogP contribution in [-0.4, -0.2) is 64.6 Å². The lowest BCUT2D eigenvalue weighted by molar-refractivity contribution is -0.159. The summed E-state index contributed by atoms with van der Waals surface area (Å²) in [7, 11) is 0. The number of benzene rings is 1. The molecule has 1 aromatic carbocycles. The molecule has 2 saturated heterocycles. The average Bonchev–Trinajstić information content (AvgIpc) is 2.79. The van der Waals surface area contributed by atoms with E-state index in [9.17, 15) is 18.8 Å². The quantitative estimate of drug-likeness (QED) is 0.676. The number of carbonyl (C=O) groups is 3. The highest BCUT2D eigenvalue weighted by Gasteiger charge is 2.38. The van der Waals surface area contributed by atoms with E-state index in [4.69, 9.17) is 0 Å². The number of likely N-dealkylation sites (tertiary alicyclic amines) is 1. The molecule has 3 fully saturated rings. The molecular formula is C24H32FN3O3. The molecule has 0 atom stereocenters. The normalized spacial score (nSPS) is 21.6. The summed E-state index contributed by atoms with van der Waals surface area (Å²) in [6.45, 7) is 2.61. The maximum absolute atomic E-state index is 13.1. The van der Waals surface area contributed by atoms with Gasteiger partial charge < -0.3 is 14.7 Å². The minimum atomic E-state index is -0.494. The standard InChI is InChI=1S/C24H32FN3O3/c25-20-8-6-19(7-9-20)17-27-14-15-28(24(31)23(27)30)21-10-12-26(13-11-21)22(29)16-18-4-2-1-3-5-18/h6-9,18,21H,1-5,10-17H2. The van der Waals surface area contributed by atoms with Crippen LogP contribution in [0.4, 0.5) is 4.39 Å². The Morgan fingerprint density at radius 1 is 0.871 bits per heavy atom. The van der Waals surface area contributed by atoms with Gasteiger partial charge in [0, 0.05) is 45.2 Å². The van der Waals surface area contributed by atoms with E-state index in [-0.39, 0.29) is 17.8 Å². The maximum Gasteiger partial charge on any atom is 0.312 e. The van der Waals surface area contributed by atoms with E-state index < -0.39 is 11.8 Å². The summed E-state index contributed by atoms with van der Waals surface area (Å²) < 4.78 is 13.1. The molecule has 0 unspecified atom stereocenters. The molecular weight excluding hydrogens is 397 g/mol. The number of rotatable bonds is 5. The molecule has 0 radical (unpaired) electrons. The summed E-state index contributed by atoms with van der Waals surface area (Å²) in [6.07, 6.45) is 8.22. The molecule has 0 N–H and O–H groups in total. The molecule has 1 saturated carbocycles. The second-order valence-electron chi connectivity index (χ2n) is 9.17. The van der Waals surface area contributed by atoms with E-state index >= 15 is 0 Å². The summed E-state index contributed by atoms with van der Waals surface area (Å²) in [5.41, 5.74) is 0.806. The van der Waals surface area contributed by atoms with Gasteiger partial charge in [-0.1, -0.05) is 31.4 Å². The molecule has 0 spiro atoms. The monoisotopic (exact) mass is 429 g/mol. The SMILES string of the molecule is O=C(CC1CCCCC1)N1CCC(N2CCN(Cc3ccc(F)cc3)C(=O)C2=O)CC1. The molecule has 3 aliphatic rings. The third kappa shape index (κ3) is 5.25. The van der Waals surface area contributed by atoms with Crippen molar-refractivity contribution < 1.29 is 18.8 Å². The molecule has 168 valence electrons. The summed E-state index contributed by atoms with van der Waals surface area (Å²) in [5.74, 6) is -0.490. The van der Waals surface area contributed by atoms with Crippen molar-refractivity contribution in [3.63, 3.8) is 0 Å². The molecule has 6 nitrogen and oxygen atoms in total. The van der Waals surface area contributed by atoms with Crippen LogP contribution in [0.3, 0.4) is 0 Å². The Morgan fingerprint density at radius 2 is 1.55 bits per heavy atom. The van der Waals surface area contributed by atoms with Crippen LogP contribution in [0.5, 0.6) is 0 Å². The van der Waals surface area contributed by atoms with Crippen molar-refractivity contribution >= 4 is 17.7 Å². The van der Waals surface area contributed by atoms with Crippen molar-refractivity contribution in [3.05, 3.63) is 35.6 Å². The van der Waals surface area contributed by atoms with Crippen molar-refractivity contribution in [2.45, 2.75) is 64.0 Å². The van der Waals surface area contributed by atoms with Gasteiger partial charge in [-0.3, -0.25) is 14.4 Å². The highest BCUT2D eigenvalue weighted by molar-refractivity contribution is 6.35. The maximum atomic E-state index is 13.1. The van der Waals surface area contributed by atoms with Crippen molar-refractivity contribution in [1.82, 2.24) is 14.7 Å². The van der Waals surface area contributed by atoms with E-state index in [0.717, 1.165) is 18.4 Å². The van der Waals surface area contributed by atoms with Crippen LogP contribution in [0.15, 0.2) is 24.3 Å². The van der Waals surface area contributed by atoms with Crippen LogP contribution in [0, 0.1) is 11.7 Å². The van der Waals surface area contributed by atoms with Crippen molar-refractivity contribution in [1.29, 1.82) is 0 Å². The smallest absolute Gasteiger partial charge is 0.312 e. The van der Waals surface area contributed by atoms with Crippen LogP contribution >= 0.6 is 0 Å². The predicted molar refractivity (Wildman–Crippen MR) is 114 cm³/mol. The zero-order valence-corrected chi connectivity index (χ0v) is 18.1. The summed E-state index contributed by atoms with van der Waals surface area (Å²) >= 11 is 0. The molecule has 31 heavy (non-hydrogen) atoms. The van der Waals surface area contributed by atoms with Crippen LogP contribution in [0.1, 0.15) is 56.9 Å². The predicted octanol–water partition coefficient (Wildman–Crippen LogP) is 2.96. The number of piperidine rings is 1. The van der Waals surface area contributed by atoms with Gasteiger partial charge in [0.2, 0.25) is 5.91 Å². The van der Waals surface area contributed by atoms with Crippen LogP contribution in [0.2, 0.25) is 0 Å². The number of halogens is 1. The number of amides is 3. The van der Waals surface area contributed by atoms with Crippen molar-refractivity contribution in [2.24, 2.45) is 5.92 Å². The Labute approximate surface area is 183 Å². The molecule has 2 heterocycles. The Kier molecular flexibility index (Phi) is 6.88. The van der Waals surface area contributed by atoms with Gasteiger partial charge >= 0.3 is 11.8 Å². The van der Waals surface area contributed by atoms with E-state index in [1.807, 2.05) is 4.90 Å². The van der Waals surface area contributed by atoms with Gasteiger partial charge in [-0.25, -0.2) is 4.39 Å². The van der Waals surface area contributed by atoms with Gasteiger partial charge in [0.1, 0.15) is 5.82 Å². The Morgan fingerprint density at radius 3 is 2.23 bits per heavy atom. The number of hydrogen-bond donors (Lipinski definition) is 0. The highest BCUT2D eigenvalue weighted by atomic mass is 19.1. The second kappa shape index (κ2) is 9.79. The van der Waals surface area contributed by atoms with E-state index in [1.54, 1.807) is 17.0 Å². The molecule has 1 aliphatic carbocycles. The third-order valence-corrected chi connectivity index (χ3v) is 7.07. The lowest BCUT2D eigenvalue weighted by atomic mass is 9.86. The van der Waals surface area contributed by atoms with E-state index in [0.29, 0.717) is 45.1 Å². The number of piperazine rings is 1. The van der Waals surface area contributed by atoms with Crippen molar-refractivity contribution in [2.75, 3.05) is 26.2 Å². The zero-order valence-electron chi connectivity index (χ0n) is 18.1. The summed E-state index contributed by atoms with van der Waals surface area (Å²) in [5, 5.41) is 0. The summed E-state index contributed by atoms with van der Waals surface area (Å²) in [4.78, 5) is 43.2.